The molecular formula is C25H33N5O. The molecule has 1 amide bonds. The third-order valence-electron chi connectivity index (χ3n) is 6.25. The van der Waals surface area contributed by atoms with Crippen LogP contribution in [0, 0.1) is 0 Å². The first-order chi connectivity index (χ1) is 15.0. The van der Waals surface area contributed by atoms with Gasteiger partial charge in [0.25, 0.3) is 0 Å². The highest BCUT2D eigenvalue weighted by molar-refractivity contribution is 5.86. The molecule has 3 aromatic rings. The van der Waals surface area contributed by atoms with Crippen molar-refractivity contribution in [3.63, 3.8) is 0 Å². The second-order valence-corrected chi connectivity index (χ2v) is 8.62. The van der Waals surface area contributed by atoms with Gasteiger partial charge in [0.1, 0.15) is 0 Å². The zero-order valence-corrected chi connectivity index (χ0v) is 18.8. The summed E-state index contributed by atoms with van der Waals surface area (Å²) in [6.07, 6.45) is 1.75. The second kappa shape index (κ2) is 9.10. The standard InChI is InChI=1S/C25H33N5O/c1-4-23-22-11-10-20(15-24(22)30(27-23)18(2)3)28-12-13-29(25(31)16-26)21(17-28)14-19-8-6-5-7-9-19/h5-11,15,18,21H,4,12-14,16-17,26H2,1-3H3. The molecule has 164 valence electrons. The maximum absolute atomic E-state index is 12.5. The Morgan fingerprint density at radius 1 is 1.16 bits per heavy atom. The first kappa shape index (κ1) is 21.4. The minimum absolute atomic E-state index is 0.0292. The molecule has 1 aliphatic heterocycles. The maximum atomic E-state index is 12.5. The first-order valence-electron chi connectivity index (χ1n) is 11.3. The molecule has 0 radical (unpaired) electrons. The molecule has 0 saturated carbocycles. The van der Waals surface area contributed by atoms with Crippen LogP contribution >= 0.6 is 0 Å². The fraction of sp³-hybridized carbons (Fsp3) is 0.440. The van der Waals surface area contributed by atoms with Gasteiger partial charge in [-0.15, -0.1) is 0 Å². The number of nitrogens with zero attached hydrogens (tertiary/aromatic N) is 4. The van der Waals surface area contributed by atoms with Gasteiger partial charge in [-0.3, -0.25) is 9.48 Å². The Labute approximate surface area is 184 Å². The van der Waals surface area contributed by atoms with E-state index in [1.165, 1.54) is 22.2 Å². The highest BCUT2D eigenvalue weighted by atomic mass is 16.2. The van der Waals surface area contributed by atoms with Gasteiger partial charge in [0.05, 0.1) is 23.8 Å². The summed E-state index contributed by atoms with van der Waals surface area (Å²) in [5.74, 6) is 0.0292. The van der Waals surface area contributed by atoms with Gasteiger partial charge in [-0.05, 0) is 50.5 Å². The van der Waals surface area contributed by atoms with Crippen molar-refractivity contribution >= 4 is 22.5 Å². The highest BCUT2D eigenvalue weighted by Crippen LogP contribution is 2.29. The van der Waals surface area contributed by atoms with Crippen molar-refractivity contribution in [2.45, 2.75) is 45.7 Å². The molecule has 0 bridgehead atoms. The lowest BCUT2D eigenvalue weighted by Gasteiger charge is -2.42. The van der Waals surface area contributed by atoms with Crippen LogP contribution in [0.15, 0.2) is 48.5 Å². The molecule has 0 aliphatic carbocycles. The number of piperazine rings is 1. The van der Waals surface area contributed by atoms with E-state index in [0.29, 0.717) is 12.6 Å². The van der Waals surface area contributed by atoms with Gasteiger partial charge in [0.15, 0.2) is 0 Å². The first-order valence-corrected chi connectivity index (χ1v) is 11.3. The summed E-state index contributed by atoms with van der Waals surface area (Å²) < 4.78 is 2.13. The number of nitrogens with two attached hydrogens (primary N) is 1. The highest BCUT2D eigenvalue weighted by Gasteiger charge is 2.30. The molecule has 0 spiro atoms. The largest absolute Gasteiger partial charge is 0.368 e. The normalized spacial score (nSPS) is 17.0. The Bertz CT molecular complexity index is 1040. The zero-order chi connectivity index (χ0) is 22.0. The van der Waals surface area contributed by atoms with Crippen molar-refractivity contribution in [3.8, 4) is 0 Å². The lowest BCUT2D eigenvalue weighted by Crippen LogP contribution is -2.57. The number of rotatable bonds is 6. The minimum Gasteiger partial charge on any atom is -0.368 e. The van der Waals surface area contributed by atoms with Gasteiger partial charge in [0.2, 0.25) is 5.91 Å². The monoisotopic (exact) mass is 419 g/mol. The molecule has 1 fully saturated rings. The van der Waals surface area contributed by atoms with E-state index in [9.17, 15) is 4.79 Å². The van der Waals surface area contributed by atoms with Gasteiger partial charge in [-0.2, -0.15) is 5.10 Å². The van der Waals surface area contributed by atoms with Gasteiger partial charge < -0.3 is 15.5 Å². The number of aromatic nitrogens is 2. The van der Waals surface area contributed by atoms with E-state index in [0.717, 1.165) is 31.6 Å². The van der Waals surface area contributed by atoms with E-state index in [4.69, 9.17) is 10.8 Å². The van der Waals surface area contributed by atoms with Gasteiger partial charge >= 0.3 is 0 Å². The lowest BCUT2D eigenvalue weighted by molar-refractivity contribution is -0.132. The molecule has 1 unspecified atom stereocenters. The summed E-state index contributed by atoms with van der Waals surface area (Å²) in [4.78, 5) is 16.9. The summed E-state index contributed by atoms with van der Waals surface area (Å²) in [5, 5.41) is 6.08. The van der Waals surface area contributed by atoms with Crippen LogP contribution in [0.1, 0.15) is 38.1 Å². The number of amides is 1. The minimum atomic E-state index is 0.0292. The van der Waals surface area contributed by atoms with Crippen LogP contribution in [0.25, 0.3) is 10.9 Å². The number of hydrogen-bond donors (Lipinski definition) is 1. The van der Waals surface area contributed by atoms with Crippen molar-refractivity contribution < 1.29 is 4.79 Å². The molecule has 2 N–H and O–H groups in total. The molecule has 6 heteroatoms. The quantitative estimate of drug-likeness (QED) is 0.665. The number of benzene rings is 2. The third kappa shape index (κ3) is 4.30. The predicted molar refractivity (Wildman–Crippen MR) is 126 cm³/mol. The van der Waals surface area contributed by atoms with Gasteiger partial charge in [-0.1, -0.05) is 37.3 Å². The van der Waals surface area contributed by atoms with E-state index in [1.807, 2.05) is 11.0 Å². The molecule has 1 atom stereocenters. The van der Waals surface area contributed by atoms with Crippen molar-refractivity contribution in [1.82, 2.24) is 14.7 Å². The molecule has 2 aromatic carbocycles. The van der Waals surface area contributed by atoms with Crippen LogP contribution in [-0.2, 0) is 17.6 Å². The van der Waals surface area contributed by atoms with Crippen LogP contribution in [0.2, 0.25) is 0 Å². The van der Waals surface area contributed by atoms with E-state index < -0.39 is 0 Å². The van der Waals surface area contributed by atoms with Crippen LogP contribution in [0.3, 0.4) is 0 Å². The number of fused-ring (bicyclic) bond motifs is 1. The number of hydrogen-bond acceptors (Lipinski definition) is 4. The fourth-order valence-electron chi connectivity index (χ4n) is 4.64. The molecule has 1 aliphatic rings. The molecule has 1 aromatic heterocycles. The average Bonchev–Trinajstić information content (AvgIpc) is 3.17. The predicted octanol–water partition coefficient (Wildman–Crippen LogP) is 3.40. The SMILES string of the molecule is CCc1nn(C(C)C)c2cc(N3CCN(C(=O)CN)C(Cc4ccccc4)C3)ccc12. The average molecular weight is 420 g/mol. The molecule has 2 heterocycles. The Hall–Kier alpha value is -2.86. The zero-order valence-electron chi connectivity index (χ0n) is 18.8. The maximum Gasteiger partial charge on any atom is 0.236 e. The third-order valence-corrected chi connectivity index (χ3v) is 6.25. The molecule has 1 saturated heterocycles. The Balaban J connectivity index is 1.64. The van der Waals surface area contributed by atoms with Crippen LogP contribution in [0.5, 0.6) is 0 Å². The topological polar surface area (TPSA) is 67.4 Å². The van der Waals surface area contributed by atoms with Crippen LogP contribution < -0.4 is 10.6 Å². The Morgan fingerprint density at radius 2 is 1.94 bits per heavy atom. The van der Waals surface area contributed by atoms with Crippen molar-refractivity contribution in [2.24, 2.45) is 5.73 Å². The molecule has 4 rings (SSSR count). The summed E-state index contributed by atoms with van der Waals surface area (Å²) in [7, 11) is 0. The van der Waals surface area contributed by atoms with E-state index >= 15 is 0 Å². The number of carbonyl (C=O) groups excluding carboxylic acids is 1. The summed E-state index contributed by atoms with van der Waals surface area (Å²) >= 11 is 0. The summed E-state index contributed by atoms with van der Waals surface area (Å²) in [5.41, 5.74) is 10.5. The Morgan fingerprint density at radius 3 is 2.61 bits per heavy atom. The number of aryl methyl sites for hydroxylation is 1. The van der Waals surface area contributed by atoms with Crippen molar-refractivity contribution in [1.29, 1.82) is 0 Å². The number of anilines is 1. The van der Waals surface area contributed by atoms with E-state index in [-0.39, 0.29) is 18.5 Å². The van der Waals surface area contributed by atoms with E-state index in [2.05, 4.69) is 72.8 Å². The number of carbonyl (C=O) groups is 1. The molecular weight excluding hydrogens is 386 g/mol. The second-order valence-electron chi connectivity index (χ2n) is 8.62. The van der Waals surface area contributed by atoms with Crippen molar-refractivity contribution in [3.05, 3.63) is 59.8 Å². The van der Waals surface area contributed by atoms with Gasteiger partial charge in [-0.25, -0.2) is 0 Å². The Kier molecular flexibility index (Phi) is 6.28. The van der Waals surface area contributed by atoms with E-state index in [1.54, 1.807) is 0 Å². The molecule has 6 nitrogen and oxygen atoms in total. The summed E-state index contributed by atoms with van der Waals surface area (Å²) in [6.45, 7) is 8.85. The molecule has 31 heavy (non-hydrogen) atoms. The van der Waals surface area contributed by atoms with Crippen LogP contribution in [0.4, 0.5) is 5.69 Å². The van der Waals surface area contributed by atoms with Crippen molar-refractivity contribution in [2.75, 3.05) is 31.1 Å². The summed E-state index contributed by atoms with van der Waals surface area (Å²) in [6, 6.07) is 17.5. The lowest BCUT2D eigenvalue weighted by atomic mass is 10.0. The smallest absolute Gasteiger partial charge is 0.236 e. The van der Waals surface area contributed by atoms with Gasteiger partial charge in [0, 0.05) is 36.7 Å². The fourth-order valence-corrected chi connectivity index (χ4v) is 4.64. The van der Waals surface area contributed by atoms with Crippen LogP contribution in [-0.4, -0.2) is 52.8 Å².